The van der Waals surface area contributed by atoms with Crippen LogP contribution in [-0.4, -0.2) is 11.9 Å². The van der Waals surface area contributed by atoms with Crippen molar-refractivity contribution >= 4 is 11.6 Å². The Labute approximate surface area is 142 Å². The highest BCUT2D eigenvalue weighted by Crippen LogP contribution is 2.25. The molecule has 3 nitrogen and oxygen atoms in total. The van der Waals surface area contributed by atoms with Gasteiger partial charge in [0.2, 0.25) is 5.91 Å². The first-order chi connectivity index (χ1) is 11.5. The molecule has 126 valence electrons. The van der Waals surface area contributed by atoms with Crippen molar-refractivity contribution in [2.45, 2.75) is 45.2 Å². The molecular weight excluding hydrogens is 303 g/mol. The second kappa shape index (κ2) is 7.14. The molecule has 2 aromatic rings. The van der Waals surface area contributed by atoms with Gasteiger partial charge in [0.05, 0.1) is 6.04 Å². The van der Waals surface area contributed by atoms with Gasteiger partial charge in [0.1, 0.15) is 5.82 Å². The number of rotatable bonds is 5. The summed E-state index contributed by atoms with van der Waals surface area (Å²) in [6.45, 7) is 3.65. The predicted octanol–water partition coefficient (Wildman–Crippen LogP) is 3.99. The number of hydrogen-bond donors (Lipinski definition) is 2. The SMILES string of the molecule is CC(NC(C)c1ccccc1F)C(=O)Nc1ccc2c(c1)CCC2. The minimum Gasteiger partial charge on any atom is -0.325 e. The third-order valence-corrected chi connectivity index (χ3v) is 4.63. The van der Waals surface area contributed by atoms with Gasteiger partial charge in [0.25, 0.3) is 0 Å². The minimum absolute atomic E-state index is 0.115. The van der Waals surface area contributed by atoms with Crippen molar-refractivity contribution in [3.05, 3.63) is 65.0 Å². The van der Waals surface area contributed by atoms with Crippen molar-refractivity contribution in [3.63, 3.8) is 0 Å². The number of anilines is 1. The molecule has 24 heavy (non-hydrogen) atoms. The highest BCUT2D eigenvalue weighted by Gasteiger charge is 2.19. The van der Waals surface area contributed by atoms with E-state index < -0.39 is 6.04 Å². The first kappa shape index (κ1) is 16.7. The van der Waals surface area contributed by atoms with Crippen molar-refractivity contribution in [1.29, 1.82) is 0 Å². The maximum absolute atomic E-state index is 13.8. The highest BCUT2D eigenvalue weighted by molar-refractivity contribution is 5.94. The summed E-state index contributed by atoms with van der Waals surface area (Å²) in [6, 6.07) is 12.1. The number of carbonyl (C=O) groups excluding carboxylic acids is 1. The molecule has 0 spiro atoms. The summed E-state index contributed by atoms with van der Waals surface area (Å²) in [6.07, 6.45) is 3.39. The van der Waals surface area contributed by atoms with Crippen molar-refractivity contribution in [3.8, 4) is 0 Å². The first-order valence-electron chi connectivity index (χ1n) is 8.47. The number of halogens is 1. The number of amides is 1. The summed E-state index contributed by atoms with van der Waals surface area (Å²) in [5.74, 6) is -0.375. The molecule has 3 rings (SSSR count). The Morgan fingerprint density at radius 3 is 2.62 bits per heavy atom. The van der Waals surface area contributed by atoms with Crippen LogP contribution >= 0.6 is 0 Å². The Bertz CT molecular complexity index is 744. The Kier molecular flexibility index (Phi) is 4.95. The van der Waals surface area contributed by atoms with E-state index in [1.165, 1.54) is 23.6 Å². The van der Waals surface area contributed by atoms with Gasteiger partial charge in [-0.05, 0) is 62.4 Å². The smallest absolute Gasteiger partial charge is 0.241 e. The summed E-state index contributed by atoms with van der Waals surface area (Å²) in [5.41, 5.74) is 4.10. The van der Waals surface area contributed by atoms with E-state index in [1.54, 1.807) is 25.1 Å². The zero-order valence-electron chi connectivity index (χ0n) is 14.1. The maximum Gasteiger partial charge on any atom is 0.241 e. The lowest BCUT2D eigenvalue weighted by molar-refractivity contribution is -0.117. The molecule has 1 aliphatic rings. The lowest BCUT2D eigenvalue weighted by Gasteiger charge is -2.20. The van der Waals surface area contributed by atoms with Gasteiger partial charge in [-0.3, -0.25) is 10.1 Å². The van der Waals surface area contributed by atoms with Crippen LogP contribution in [-0.2, 0) is 17.6 Å². The Morgan fingerprint density at radius 2 is 1.83 bits per heavy atom. The molecule has 0 bridgehead atoms. The number of nitrogens with one attached hydrogen (secondary N) is 2. The van der Waals surface area contributed by atoms with E-state index in [2.05, 4.69) is 22.8 Å². The van der Waals surface area contributed by atoms with Gasteiger partial charge < -0.3 is 5.32 Å². The lowest BCUT2D eigenvalue weighted by Crippen LogP contribution is -2.39. The molecule has 1 aliphatic carbocycles. The van der Waals surface area contributed by atoms with E-state index in [4.69, 9.17) is 0 Å². The molecular formula is C20H23FN2O. The fourth-order valence-electron chi connectivity index (χ4n) is 3.27. The average molecular weight is 326 g/mol. The van der Waals surface area contributed by atoms with E-state index in [-0.39, 0.29) is 17.8 Å². The lowest BCUT2D eigenvalue weighted by atomic mass is 10.1. The van der Waals surface area contributed by atoms with Crippen LogP contribution in [0.4, 0.5) is 10.1 Å². The summed E-state index contributed by atoms with van der Waals surface area (Å²) in [4.78, 5) is 12.4. The molecule has 2 N–H and O–H groups in total. The van der Waals surface area contributed by atoms with Crippen molar-refractivity contribution in [2.24, 2.45) is 0 Å². The van der Waals surface area contributed by atoms with Crippen LogP contribution in [0.25, 0.3) is 0 Å². The van der Waals surface area contributed by atoms with Crippen LogP contribution in [0.5, 0.6) is 0 Å². The molecule has 0 heterocycles. The number of benzene rings is 2. The number of aryl methyl sites for hydroxylation is 2. The molecule has 2 atom stereocenters. The van der Waals surface area contributed by atoms with Gasteiger partial charge in [0.15, 0.2) is 0 Å². The second-order valence-electron chi connectivity index (χ2n) is 6.46. The summed E-state index contributed by atoms with van der Waals surface area (Å²) < 4.78 is 13.8. The molecule has 0 radical (unpaired) electrons. The van der Waals surface area contributed by atoms with Gasteiger partial charge in [0, 0.05) is 17.3 Å². The molecule has 0 aromatic heterocycles. The molecule has 0 fully saturated rings. The van der Waals surface area contributed by atoms with E-state index in [1.807, 2.05) is 13.0 Å². The summed E-state index contributed by atoms with van der Waals surface area (Å²) in [7, 11) is 0. The van der Waals surface area contributed by atoms with Crippen LogP contribution in [0.2, 0.25) is 0 Å². The predicted molar refractivity (Wildman–Crippen MR) is 94.5 cm³/mol. The largest absolute Gasteiger partial charge is 0.325 e. The highest BCUT2D eigenvalue weighted by atomic mass is 19.1. The molecule has 0 aliphatic heterocycles. The Hall–Kier alpha value is -2.20. The van der Waals surface area contributed by atoms with Gasteiger partial charge in [-0.15, -0.1) is 0 Å². The molecule has 1 amide bonds. The summed E-state index contributed by atoms with van der Waals surface area (Å²) >= 11 is 0. The van der Waals surface area contributed by atoms with Crippen LogP contribution < -0.4 is 10.6 Å². The quantitative estimate of drug-likeness (QED) is 0.872. The van der Waals surface area contributed by atoms with Crippen LogP contribution in [0.1, 0.15) is 43.0 Å². The van der Waals surface area contributed by atoms with Crippen LogP contribution in [0.3, 0.4) is 0 Å². The van der Waals surface area contributed by atoms with E-state index >= 15 is 0 Å². The normalized spacial score (nSPS) is 15.6. The topological polar surface area (TPSA) is 41.1 Å². The van der Waals surface area contributed by atoms with Gasteiger partial charge in [-0.1, -0.05) is 24.3 Å². The first-order valence-corrected chi connectivity index (χ1v) is 8.47. The van der Waals surface area contributed by atoms with Crippen LogP contribution in [0.15, 0.2) is 42.5 Å². The van der Waals surface area contributed by atoms with Gasteiger partial charge >= 0.3 is 0 Å². The van der Waals surface area contributed by atoms with Crippen molar-refractivity contribution in [1.82, 2.24) is 5.32 Å². The zero-order chi connectivity index (χ0) is 17.1. The third-order valence-electron chi connectivity index (χ3n) is 4.63. The standard InChI is InChI=1S/C20H23FN2O/c1-13(18-8-3-4-9-19(18)21)22-14(2)20(24)23-17-11-10-15-6-5-7-16(15)12-17/h3-4,8-14,22H,5-7H2,1-2H3,(H,23,24). The summed E-state index contributed by atoms with van der Waals surface area (Å²) in [5, 5.41) is 6.10. The fourth-order valence-corrected chi connectivity index (χ4v) is 3.27. The number of carbonyl (C=O) groups is 1. The molecule has 2 aromatic carbocycles. The Balaban J connectivity index is 1.61. The average Bonchev–Trinajstić information content (AvgIpc) is 3.02. The van der Waals surface area contributed by atoms with Gasteiger partial charge in [-0.25, -0.2) is 4.39 Å². The van der Waals surface area contributed by atoms with Crippen LogP contribution in [0, 0.1) is 5.82 Å². The fraction of sp³-hybridized carbons (Fsp3) is 0.350. The van der Waals surface area contributed by atoms with E-state index in [9.17, 15) is 9.18 Å². The van der Waals surface area contributed by atoms with E-state index in [0.29, 0.717) is 5.56 Å². The maximum atomic E-state index is 13.8. The third kappa shape index (κ3) is 3.65. The minimum atomic E-state index is -0.423. The zero-order valence-corrected chi connectivity index (χ0v) is 14.1. The number of fused-ring (bicyclic) bond motifs is 1. The molecule has 2 unspecified atom stereocenters. The monoisotopic (exact) mass is 326 g/mol. The Morgan fingerprint density at radius 1 is 1.08 bits per heavy atom. The molecule has 0 saturated heterocycles. The van der Waals surface area contributed by atoms with Gasteiger partial charge in [-0.2, -0.15) is 0 Å². The molecule has 0 saturated carbocycles. The molecule has 4 heteroatoms. The second-order valence-corrected chi connectivity index (χ2v) is 6.46. The van der Waals surface area contributed by atoms with E-state index in [0.717, 1.165) is 18.5 Å². The number of hydrogen-bond acceptors (Lipinski definition) is 2. The van der Waals surface area contributed by atoms with Crippen molar-refractivity contribution in [2.75, 3.05) is 5.32 Å². The van der Waals surface area contributed by atoms with Crippen molar-refractivity contribution < 1.29 is 9.18 Å².